The molecule has 0 aliphatic carbocycles. The molecule has 0 N–H and O–H groups in total. The highest BCUT2D eigenvalue weighted by molar-refractivity contribution is 6.09. The van der Waals surface area contributed by atoms with Gasteiger partial charge >= 0.3 is 5.97 Å². The summed E-state index contributed by atoms with van der Waals surface area (Å²) in [6.45, 7) is 0. The lowest BCUT2D eigenvalue weighted by Crippen LogP contribution is -2.24. The summed E-state index contributed by atoms with van der Waals surface area (Å²) in [7, 11) is 1.48. The van der Waals surface area contributed by atoms with Crippen molar-refractivity contribution < 1.29 is 14.3 Å². The molecule has 0 amide bonds. The summed E-state index contributed by atoms with van der Waals surface area (Å²) in [6, 6.07) is 22.0. The lowest BCUT2D eigenvalue weighted by molar-refractivity contribution is 0.0728. The lowest BCUT2D eigenvalue weighted by Gasteiger charge is -2.08. The van der Waals surface area contributed by atoms with E-state index in [9.17, 15) is 14.4 Å². The third kappa shape index (κ3) is 3.55. The van der Waals surface area contributed by atoms with Crippen molar-refractivity contribution in [3.8, 4) is 5.75 Å². The number of rotatable bonds is 4. The van der Waals surface area contributed by atoms with Gasteiger partial charge in [0.2, 0.25) is 0 Å². The first kappa shape index (κ1) is 18.3. The Bertz CT molecular complexity index is 1280. The first-order chi connectivity index (χ1) is 14.0. The molecule has 0 radical (unpaired) electrons. The van der Waals surface area contributed by atoms with Gasteiger partial charge in [0, 0.05) is 23.6 Å². The van der Waals surface area contributed by atoms with Crippen molar-refractivity contribution in [3.05, 3.63) is 106 Å². The Morgan fingerprint density at radius 1 is 0.793 bits per heavy atom. The molecule has 6 nitrogen and oxygen atoms in total. The average molecular weight is 384 g/mol. The van der Waals surface area contributed by atoms with Gasteiger partial charge in [0.25, 0.3) is 5.56 Å². The van der Waals surface area contributed by atoms with Crippen LogP contribution in [0.1, 0.15) is 26.4 Å². The fourth-order valence-corrected chi connectivity index (χ4v) is 3.04. The number of ether oxygens (including phenoxy) is 1. The van der Waals surface area contributed by atoms with Crippen molar-refractivity contribution in [2.45, 2.75) is 0 Å². The largest absolute Gasteiger partial charge is 0.422 e. The summed E-state index contributed by atoms with van der Waals surface area (Å²) in [6.07, 6.45) is 0. The van der Waals surface area contributed by atoms with Crippen LogP contribution in [0.2, 0.25) is 0 Å². The molecule has 0 spiro atoms. The van der Waals surface area contributed by atoms with Crippen LogP contribution in [0, 0.1) is 0 Å². The second kappa shape index (κ2) is 7.52. The summed E-state index contributed by atoms with van der Waals surface area (Å²) in [5, 5.41) is 4.87. The van der Waals surface area contributed by atoms with Crippen molar-refractivity contribution in [2.24, 2.45) is 7.05 Å². The zero-order valence-corrected chi connectivity index (χ0v) is 15.5. The molecular formula is C23H16N2O4. The van der Waals surface area contributed by atoms with Crippen LogP contribution in [0.3, 0.4) is 0 Å². The molecule has 1 heterocycles. The Kier molecular flexibility index (Phi) is 4.75. The Morgan fingerprint density at radius 2 is 1.38 bits per heavy atom. The van der Waals surface area contributed by atoms with Crippen LogP contribution in [0.4, 0.5) is 0 Å². The maximum absolute atomic E-state index is 12.7. The standard InChI is InChI=1S/C23H16N2O4/c1-25-22(27)19-10-6-5-9-18(19)20(24-25)23(28)29-17-13-11-16(12-14-17)21(26)15-7-3-2-4-8-15/h2-14H,1H3. The fraction of sp³-hybridized carbons (Fsp3) is 0.0435. The highest BCUT2D eigenvalue weighted by Gasteiger charge is 2.18. The lowest BCUT2D eigenvalue weighted by atomic mass is 10.0. The quantitative estimate of drug-likeness (QED) is 0.306. The van der Waals surface area contributed by atoms with Gasteiger partial charge in [0.05, 0.1) is 5.39 Å². The minimum absolute atomic E-state index is 0.0483. The van der Waals surface area contributed by atoms with Crippen molar-refractivity contribution in [1.82, 2.24) is 9.78 Å². The van der Waals surface area contributed by atoms with Crippen molar-refractivity contribution in [1.29, 1.82) is 0 Å². The maximum atomic E-state index is 12.7. The number of carbonyl (C=O) groups is 2. The molecule has 1 aromatic heterocycles. The van der Waals surface area contributed by atoms with E-state index in [1.54, 1.807) is 72.8 Å². The molecule has 0 unspecified atom stereocenters. The van der Waals surface area contributed by atoms with Crippen molar-refractivity contribution in [3.63, 3.8) is 0 Å². The Balaban J connectivity index is 1.60. The van der Waals surface area contributed by atoms with E-state index in [1.807, 2.05) is 6.07 Å². The number of nitrogens with zero attached hydrogens (tertiary/aromatic N) is 2. The maximum Gasteiger partial charge on any atom is 0.364 e. The molecule has 3 aromatic carbocycles. The first-order valence-electron chi connectivity index (χ1n) is 8.92. The number of aryl methyl sites for hydroxylation is 1. The van der Waals surface area contributed by atoms with Gasteiger partial charge in [-0.2, -0.15) is 5.10 Å². The van der Waals surface area contributed by atoms with Gasteiger partial charge in [-0.15, -0.1) is 0 Å². The third-order valence-corrected chi connectivity index (χ3v) is 4.51. The van der Waals surface area contributed by atoms with Gasteiger partial charge in [0.1, 0.15) is 5.75 Å². The van der Waals surface area contributed by atoms with Crippen LogP contribution in [-0.4, -0.2) is 21.5 Å². The molecule has 0 bridgehead atoms. The van der Waals surface area contributed by atoms with Crippen molar-refractivity contribution >= 4 is 22.5 Å². The number of fused-ring (bicyclic) bond motifs is 1. The van der Waals surface area contributed by atoms with Crippen LogP contribution in [0.5, 0.6) is 5.75 Å². The van der Waals surface area contributed by atoms with Gasteiger partial charge in [-0.25, -0.2) is 9.48 Å². The first-order valence-corrected chi connectivity index (χ1v) is 8.92. The molecule has 0 aliphatic rings. The predicted octanol–water partition coefficient (Wildman–Crippen LogP) is 3.38. The molecule has 4 aromatic rings. The normalized spacial score (nSPS) is 10.7. The summed E-state index contributed by atoms with van der Waals surface area (Å²) in [5.74, 6) is -0.521. The van der Waals surface area contributed by atoms with Crippen LogP contribution in [-0.2, 0) is 7.05 Å². The number of hydrogen-bond acceptors (Lipinski definition) is 5. The van der Waals surface area contributed by atoms with Gasteiger partial charge in [-0.3, -0.25) is 9.59 Å². The van der Waals surface area contributed by atoms with E-state index >= 15 is 0 Å². The van der Waals surface area contributed by atoms with Crippen LogP contribution in [0.15, 0.2) is 83.7 Å². The van der Waals surface area contributed by atoms with Gasteiger partial charge in [0.15, 0.2) is 11.5 Å². The van der Waals surface area contributed by atoms with Crippen LogP contribution in [0.25, 0.3) is 10.8 Å². The molecule has 0 saturated carbocycles. The molecule has 0 fully saturated rings. The van der Waals surface area contributed by atoms with Gasteiger partial charge in [-0.1, -0.05) is 48.5 Å². The molecule has 0 saturated heterocycles. The number of hydrogen-bond donors (Lipinski definition) is 0. The van der Waals surface area contributed by atoms with Crippen molar-refractivity contribution in [2.75, 3.05) is 0 Å². The SMILES string of the molecule is Cn1nc(C(=O)Oc2ccc(C(=O)c3ccccc3)cc2)c2ccccc2c1=O. The number of esters is 1. The topological polar surface area (TPSA) is 78.3 Å². The molecule has 0 atom stereocenters. The van der Waals surface area contributed by atoms with E-state index in [0.717, 1.165) is 4.68 Å². The van der Waals surface area contributed by atoms with E-state index in [0.29, 0.717) is 21.9 Å². The fourth-order valence-electron chi connectivity index (χ4n) is 3.04. The highest BCUT2D eigenvalue weighted by Crippen LogP contribution is 2.19. The number of benzene rings is 3. The summed E-state index contributed by atoms with van der Waals surface area (Å²) >= 11 is 0. The zero-order chi connectivity index (χ0) is 20.4. The Morgan fingerprint density at radius 3 is 2.07 bits per heavy atom. The summed E-state index contributed by atoms with van der Waals surface area (Å²) in [4.78, 5) is 37.3. The minimum Gasteiger partial charge on any atom is -0.422 e. The second-order valence-corrected chi connectivity index (χ2v) is 6.43. The summed E-state index contributed by atoms with van der Waals surface area (Å²) in [5.41, 5.74) is 0.827. The summed E-state index contributed by atoms with van der Waals surface area (Å²) < 4.78 is 6.53. The monoisotopic (exact) mass is 384 g/mol. The number of ketones is 1. The number of carbonyl (C=O) groups excluding carboxylic acids is 2. The molecule has 142 valence electrons. The van der Waals surface area contributed by atoms with Crippen LogP contribution < -0.4 is 10.3 Å². The molecular weight excluding hydrogens is 368 g/mol. The molecule has 6 heteroatoms. The van der Waals surface area contributed by atoms with Gasteiger partial charge < -0.3 is 4.74 Å². The second-order valence-electron chi connectivity index (χ2n) is 6.43. The van der Waals surface area contributed by atoms with Crippen LogP contribution >= 0.6 is 0 Å². The predicted molar refractivity (Wildman–Crippen MR) is 108 cm³/mol. The highest BCUT2D eigenvalue weighted by atomic mass is 16.5. The smallest absolute Gasteiger partial charge is 0.364 e. The van der Waals surface area contributed by atoms with Gasteiger partial charge in [-0.05, 0) is 30.3 Å². The van der Waals surface area contributed by atoms with E-state index in [4.69, 9.17) is 4.74 Å². The van der Waals surface area contributed by atoms with E-state index < -0.39 is 5.97 Å². The Hall–Kier alpha value is -4.06. The molecule has 4 rings (SSSR count). The van der Waals surface area contributed by atoms with E-state index in [-0.39, 0.29) is 22.8 Å². The zero-order valence-electron chi connectivity index (χ0n) is 15.5. The minimum atomic E-state index is -0.682. The number of aromatic nitrogens is 2. The van der Waals surface area contributed by atoms with E-state index in [1.165, 1.54) is 7.05 Å². The molecule has 29 heavy (non-hydrogen) atoms. The average Bonchev–Trinajstić information content (AvgIpc) is 2.77. The Labute approximate surface area is 166 Å². The molecule has 0 aliphatic heterocycles. The third-order valence-electron chi connectivity index (χ3n) is 4.51. The van der Waals surface area contributed by atoms with E-state index in [2.05, 4.69) is 5.10 Å².